The van der Waals surface area contributed by atoms with Gasteiger partial charge in [-0.15, -0.1) is 0 Å². The van der Waals surface area contributed by atoms with Crippen molar-refractivity contribution >= 4 is 27.5 Å². The van der Waals surface area contributed by atoms with Crippen LogP contribution in [-0.2, 0) is 14.8 Å². The number of ether oxygens (including phenoxy) is 1. The van der Waals surface area contributed by atoms with E-state index in [2.05, 4.69) is 16.1 Å². The number of carbonyl (C=O) groups excluding carboxylic acids is 1. The van der Waals surface area contributed by atoms with E-state index in [1.54, 1.807) is 0 Å². The van der Waals surface area contributed by atoms with Gasteiger partial charge in [0.25, 0.3) is 5.91 Å². The fourth-order valence-corrected chi connectivity index (χ4v) is 5.59. The molecule has 30 heavy (non-hydrogen) atoms. The third-order valence-electron chi connectivity index (χ3n) is 5.65. The Morgan fingerprint density at radius 1 is 1.13 bits per heavy atom. The molecule has 6 nitrogen and oxygen atoms in total. The number of carbonyl (C=O) groups is 1. The summed E-state index contributed by atoms with van der Waals surface area (Å²) in [5.41, 5.74) is 1.41. The highest BCUT2D eigenvalue weighted by atomic mass is 35.5. The van der Waals surface area contributed by atoms with Crippen molar-refractivity contribution in [1.82, 2.24) is 10.0 Å². The van der Waals surface area contributed by atoms with E-state index in [9.17, 15) is 13.2 Å². The molecule has 1 fully saturated rings. The molecule has 1 aromatic carbocycles. The number of amides is 1. The molecule has 2 aliphatic carbocycles. The molecule has 0 radical (unpaired) electrons. The Balaban J connectivity index is 1.47. The second-order valence-corrected chi connectivity index (χ2v) is 10.2. The molecule has 0 spiro atoms. The van der Waals surface area contributed by atoms with E-state index in [-0.39, 0.29) is 28.5 Å². The molecule has 1 saturated carbocycles. The molecule has 1 amide bonds. The van der Waals surface area contributed by atoms with E-state index in [0.29, 0.717) is 12.3 Å². The van der Waals surface area contributed by atoms with Crippen LogP contribution in [0.3, 0.4) is 0 Å². The smallest absolute Gasteiger partial charge is 0.257 e. The summed E-state index contributed by atoms with van der Waals surface area (Å²) in [6.07, 6.45) is 12.8. The molecule has 2 N–H and O–H groups in total. The van der Waals surface area contributed by atoms with Gasteiger partial charge in [0.05, 0.1) is 9.92 Å². The number of rotatable bonds is 9. The Kier molecular flexibility index (Phi) is 8.60. The summed E-state index contributed by atoms with van der Waals surface area (Å²) in [5, 5.41) is 3.02. The van der Waals surface area contributed by atoms with Gasteiger partial charge in [0, 0.05) is 12.6 Å². The summed E-state index contributed by atoms with van der Waals surface area (Å²) < 4.78 is 33.4. The Labute approximate surface area is 184 Å². The lowest BCUT2D eigenvalue weighted by Crippen LogP contribution is -2.36. The summed E-state index contributed by atoms with van der Waals surface area (Å²) in [4.78, 5) is 12.1. The first kappa shape index (κ1) is 23.1. The molecule has 2 aliphatic rings. The lowest BCUT2D eigenvalue weighted by molar-refractivity contribution is -0.123. The third kappa shape index (κ3) is 7.00. The van der Waals surface area contributed by atoms with Crippen molar-refractivity contribution in [1.29, 1.82) is 0 Å². The molecule has 0 saturated heterocycles. The lowest BCUT2D eigenvalue weighted by atomic mass is 9.96. The van der Waals surface area contributed by atoms with Crippen molar-refractivity contribution < 1.29 is 17.9 Å². The number of benzene rings is 1. The number of hydrogen-bond donors (Lipinski definition) is 2. The monoisotopic (exact) mass is 454 g/mol. The van der Waals surface area contributed by atoms with Crippen LogP contribution in [0.25, 0.3) is 0 Å². The second-order valence-electron chi connectivity index (χ2n) is 8.05. The molecule has 0 atom stereocenters. The predicted molar refractivity (Wildman–Crippen MR) is 118 cm³/mol. The molecule has 1 aromatic rings. The van der Waals surface area contributed by atoms with Crippen LogP contribution in [0.15, 0.2) is 34.7 Å². The van der Waals surface area contributed by atoms with Crippen molar-refractivity contribution in [3.8, 4) is 5.75 Å². The summed E-state index contributed by atoms with van der Waals surface area (Å²) in [7, 11) is -3.63. The van der Waals surface area contributed by atoms with Gasteiger partial charge >= 0.3 is 0 Å². The molecule has 0 aliphatic heterocycles. The molecule has 0 heterocycles. The summed E-state index contributed by atoms with van der Waals surface area (Å²) in [5.74, 6) is 0.0663. The van der Waals surface area contributed by atoms with E-state index in [1.807, 2.05) is 0 Å². The van der Waals surface area contributed by atoms with Crippen molar-refractivity contribution in [2.45, 2.75) is 75.1 Å². The molecule has 0 aromatic heterocycles. The summed E-state index contributed by atoms with van der Waals surface area (Å²) >= 11 is 6.21. The lowest BCUT2D eigenvalue weighted by Gasteiger charge is -2.22. The average Bonchev–Trinajstić information content (AvgIpc) is 2.74. The average molecular weight is 455 g/mol. The topological polar surface area (TPSA) is 84.5 Å². The minimum Gasteiger partial charge on any atom is -0.482 e. The maximum absolute atomic E-state index is 12.6. The number of nitrogens with one attached hydrogen (secondary N) is 2. The number of hydrogen-bond acceptors (Lipinski definition) is 4. The fraction of sp³-hybridized carbons (Fsp3) is 0.591. The summed E-state index contributed by atoms with van der Waals surface area (Å²) in [6, 6.07) is 4.30. The van der Waals surface area contributed by atoms with Crippen LogP contribution < -0.4 is 14.8 Å². The van der Waals surface area contributed by atoms with Crippen molar-refractivity contribution in [2.75, 3.05) is 13.2 Å². The Morgan fingerprint density at radius 3 is 2.63 bits per heavy atom. The van der Waals surface area contributed by atoms with E-state index in [0.717, 1.165) is 51.4 Å². The van der Waals surface area contributed by atoms with E-state index >= 15 is 0 Å². The molecular formula is C22H31ClN2O4S. The quantitative estimate of drug-likeness (QED) is 0.543. The molecule has 0 bridgehead atoms. The van der Waals surface area contributed by atoms with Crippen molar-refractivity contribution in [3.63, 3.8) is 0 Å². The zero-order valence-electron chi connectivity index (χ0n) is 17.3. The summed E-state index contributed by atoms with van der Waals surface area (Å²) in [6.45, 7) is 0.428. The van der Waals surface area contributed by atoms with Crippen molar-refractivity contribution in [3.05, 3.63) is 34.9 Å². The zero-order valence-corrected chi connectivity index (χ0v) is 18.9. The number of allylic oxidation sites excluding steroid dienone is 1. The molecule has 8 heteroatoms. The minimum absolute atomic E-state index is 0.0217. The maximum Gasteiger partial charge on any atom is 0.257 e. The SMILES string of the molecule is O=C(COc1ccc(S(=O)(=O)NC2CCCCC2)cc1Cl)NCCC1=CCCCC1. The molecule has 3 rings (SSSR count). The standard InChI is InChI=1S/C22H31ClN2O4S/c23-20-15-19(30(27,28)25-18-9-5-2-6-10-18)11-12-21(20)29-16-22(26)24-14-13-17-7-3-1-4-8-17/h7,11-12,15,18,25H,1-6,8-10,13-14,16H2,(H,24,26). The van der Waals surface area contributed by atoms with Crippen LogP contribution >= 0.6 is 11.6 Å². The number of halogens is 1. The highest BCUT2D eigenvalue weighted by Gasteiger charge is 2.22. The molecule has 0 unspecified atom stereocenters. The van der Waals surface area contributed by atoms with Crippen LogP contribution in [0.5, 0.6) is 5.75 Å². The molecular weight excluding hydrogens is 424 g/mol. The second kappa shape index (κ2) is 11.2. The van der Waals surface area contributed by atoms with Crippen LogP contribution in [-0.4, -0.2) is 33.5 Å². The largest absolute Gasteiger partial charge is 0.482 e. The van der Waals surface area contributed by atoms with Gasteiger partial charge < -0.3 is 10.1 Å². The highest BCUT2D eigenvalue weighted by molar-refractivity contribution is 7.89. The van der Waals surface area contributed by atoms with Crippen molar-refractivity contribution in [2.24, 2.45) is 0 Å². The van der Waals surface area contributed by atoms with Gasteiger partial charge in [-0.2, -0.15) is 0 Å². The van der Waals surface area contributed by atoms with Crippen LogP contribution in [0.4, 0.5) is 0 Å². The van der Waals surface area contributed by atoms with E-state index in [1.165, 1.54) is 36.6 Å². The maximum atomic E-state index is 12.6. The van der Waals surface area contributed by atoms with Gasteiger partial charge in [0.15, 0.2) is 6.61 Å². The Bertz CT molecular complexity index is 864. The van der Waals surface area contributed by atoms with Gasteiger partial charge in [0.1, 0.15) is 5.75 Å². The van der Waals surface area contributed by atoms with Gasteiger partial charge in [-0.1, -0.05) is 42.5 Å². The van der Waals surface area contributed by atoms with Crippen LogP contribution in [0.2, 0.25) is 5.02 Å². The normalized spacial score (nSPS) is 18.0. The predicted octanol–water partition coefficient (Wildman–Crippen LogP) is 4.34. The minimum atomic E-state index is -3.63. The first-order valence-electron chi connectivity index (χ1n) is 10.8. The van der Waals surface area contributed by atoms with Gasteiger partial charge in [-0.3, -0.25) is 4.79 Å². The Morgan fingerprint density at radius 2 is 1.93 bits per heavy atom. The van der Waals surface area contributed by atoms with E-state index < -0.39 is 10.0 Å². The first-order chi connectivity index (χ1) is 14.4. The zero-order chi connectivity index (χ0) is 21.4. The van der Waals surface area contributed by atoms with E-state index in [4.69, 9.17) is 16.3 Å². The molecule has 166 valence electrons. The van der Waals surface area contributed by atoms with Gasteiger partial charge in [0.2, 0.25) is 10.0 Å². The highest BCUT2D eigenvalue weighted by Crippen LogP contribution is 2.28. The first-order valence-corrected chi connectivity index (χ1v) is 12.7. The van der Waals surface area contributed by atoms with Crippen LogP contribution in [0.1, 0.15) is 64.2 Å². The van der Waals surface area contributed by atoms with Crippen LogP contribution in [0, 0.1) is 0 Å². The fourth-order valence-electron chi connectivity index (χ4n) is 3.96. The van der Waals surface area contributed by atoms with Gasteiger partial charge in [-0.05, 0) is 63.1 Å². The number of sulfonamides is 1. The van der Waals surface area contributed by atoms with Gasteiger partial charge in [-0.25, -0.2) is 13.1 Å². The Hall–Kier alpha value is -1.57. The third-order valence-corrected chi connectivity index (χ3v) is 7.47.